The van der Waals surface area contributed by atoms with Crippen molar-refractivity contribution in [2.45, 2.75) is 13.1 Å². The van der Waals surface area contributed by atoms with Crippen LogP contribution in [0.5, 0.6) is 0 Å². The molecule has 0 unspecified atom stereocenters. The quantitative estimate of drug-likeness (QED) is 0.609. The molecular formula is C24H33N5O. The van der Waals surface area contributed by atoms with Crippen LogP contribution < -0.4 is 10.2 Å². The predicted molar refractivity (Wildman–Crippen MR) is 123 cm³/mol. The average Bonchev–Trinajstić information content (AvgIpc) is 2.82. The topological polar surface area (TPSA) is 43.3 Å². The molecule has 0 radical (unpaired) electrons. The zero-order valence-corrected chi connectivity index (χ0v) is 18.0. The predicted octanol–water partition coefficient (Wildman–Crippen LogP) is 2.42. The van der Waals surface area contributed by atoms with Crippen molar-refractivity contribution in [1.29, 1.82) is 0 Å². The second-order valence-electron chi connectivity index (χ2n) is 7.87. The van der Waals surface area contributed by atoms with E-state index in [9.17, 15) is 0 Å². The number of morpholine rings is 1. The van der Waals surface area contributed by atoms with E-state index < -0.39 is 0 Å². The molecule has 0 saturated carbocycles. The van der Waals surface area contributed by atoms with E-state index >= 15 is 0 Å². The van der Waals surface area contributed by atoms with Gasteiger partial charge in [-0.2, -0.15) is 0 Å². The number of para-hydroxylation sites is 1. The monoisotopic (exact) mass is 407 g/mol. The van der Waals surface area contributed by atoms with Crippen molar-refractivity contribution in [3.8, 4) is 0 Å². The molecule has 0 spiro atoms. The van der Waals surface area contributed by atoms with Crippen LogP contribution in [-0.2, 0) is 17.8 Å². The van der Waals surface area contributed by atoms with Gasteiger partial charge in [0, 0.05) is 65.1 Å². The molecule has 0 aliphatic carbocycles. The molecule has 0 atom stereocenters. The summed E-state index contributed by atoms with van der Waals surface area (Å²) < 4.78 is 5.49. The molecule has 2 aromatic rings. The standard InChI is InChI=1S/C24H33N5O/c1-25-24(29-13-11-28(12-14-29)23-9-3-2-4-10-23)26-19-21-7-5-6-8-22(21)20-27-15-17-30-18-16-27/h2-10H,11-20H2,1H3,(H,25,26). The number of piperazine rings is 1. The largest absolute Gasteiger partial charge is 0.379 e. The molecule has 2 aliphatic heterocycles. The maximum Gasteiger partial charge on any atom is 0.194 e. The van der Waals surface area contributed by atoms with Crippen molar-refractivity contribution in [2.75, 3.05) is 64.4 Å². The number of hydrogen-bond acceptors (Lipinski definition) is 4. The Morgan fingerprint density at radius 3 is 2.23 bits per heavy atom. The smallest absolute Gasteiger partial charge is 0.194 e. The Morgan fingerprint density at radius 2 is 1.53 bits per heavy atom. The normalized spacial score (nSPS) is 18.5. The maximum atomic E-state index is 5.49. The van der Waals surface area contributed by atoms with Crippen LogP contribution in [0.15, 0.2) is 59.6 Å². The fourth-order valence-electron chi connectivity index (χ4n) is 4.21. The van der Waals surface area contributed by atoms with Crippen LogP contribution in [0.25, 0.3) is 0 Å². The van der Waals surface area contributed by atoms with Gasteiger partial charge in [0.05, 0.1) is 13.2 Å². The number of nitrogens with one attached hydrogen (secondary N) is 1. The molecule has 2 heterocycles. The lowest BCUT2D eigenvalue weighted by Gasteiger charge is -2.37. The number of benzene rings is 2. The van der Waals surface area contributed by atoms with Gasteiger partial charge in [-0.05, 0) is 23.3 Å². The zero-order valence-electron chi connectivity index (χ0n) is 18.0. The first-order chi connectivity index (χ1) is 14.8. The molecule has 4 rings (SSSR count). The lowest BCUT2D eigenvalue weighted by atomic mass is 10.1. The van der Waals surface area contributed by atoms with Gasteiger partial charge in [0.1, 0.15) is 0 Å². The van der Waals surface area contributed by atoms with Crippen molar-refractivity contribution in [3.05, 3.63) is 65.7 Å². The highest BCUT2D eigenvalue weighted by molar-refractivity contribution is 5.80. The maximum absolute atomic E-state index is 5.49. The summed E-state index contributed by atoms with van der Waals surface area (Å²) >= 11 is 0. The van der Waals surface area contributed by atoms with Crippen LogP contribution in [0.3, 0.4) is 0 Å². The van der Waals surface area contributed by atoms with Gasteiger partial charge in [-0.15, -0.1) is 0 Å². The lowest BCUT2D eigenvalue weighted by molar-refractivity contribution is 0.0341. The summed E-state index contributed by atoms with van der Waals surface area (Å²) in [4.78, 5) is 11.8. The molecule has 1 N–H and O–H groups in total. The van der Waals surface area contributed by atoms with Crippen molar-refractivity contribution < 1.29 is 4.74 Å². The van der Waals surface area contributed by atoms with E-state index in [1.807, 2.05) is 7.05 Å². The van der Waals surface area contributed by atoms with Crippen LogP contribution in [0.4, 0.5) is 5.69 Å². The van der Waals surface area contributed by atoms with Gasteiger partial charge >= 0.3 is 0 Å². The average molecular weight is 408 g/mol. The summed E-state index contributed by atoms with van der Waals surface area (Å²) in [5, 5.41) is 3.60. The number of rotatable bonds is 5. The second-order valence-corrected chi connectivity index (χ2v) is 7.87. The summed E-state index contributed by atoms with van der Waals surface area (Å²) in [5.74, 6) is 0.990. The SMILES string of the molecule is CN=C(NCc1ccccc1CN1CCOCC1)N1CCN(c2ccccc2)CC1. The third kappa shape index (κ3) is 5.32. The van der Waals surface area contributed by atoms with Gasteiger partial charge in [0.2, 0.25) is 0 Å². The molecule has 2 saturated heterocycles. The first-order valence-corrected chi connectivity index (χ1v) is 11.0. The first kappa shape index (κ1) is 20.7. The molecule has 2 fully saturated rings. The number of hydrogen-bond donors (Lipinski definition) is 1. The van der Waals surface area contributed by atoms with Crippen molar-refractivity contribution in [1.82, 2.24) is 15.1 Å². The lowest BCUT2D eigenvalue weighted by Crippen LogP contribution is -2.52. The number of nitrogens with zero attached hydrogens (tertiary/aromatic N) is 4. The van der Waals surface area contributed by atoms with Gasteiger partial charge in [-0.25, -0.2) is 0 Å². The first-order valence-electron chi connectivity index (χ1n) is 11.0. The van der Waals surface area contributed by atoms with Crippen LogP contribution in [0, 0.1) is 0 Å². The van der Waals surface area contributed by atoms with E-state index in [0.29, 0.717) is 0 Å². The third-order valence-corrected chi connectivity index (χ3v) is 5.97. The number of anilines is 1. The minimum Gasteiger partial charge on any atom is -0.379 e. The summed E-state index contributed by atoms with van der Waals surface area (Å²) in [5.41, 5.74) is 4.03. The summed E-state index contributed by atoms with van der Waals surface area (Å²) in [6, 6.07) is 19.4. The Labute approximate surface area is 180 Å². The Morgan fingerprint density at radius 1 is 0.867 bits per heavy atom. The van der Waals surface area contributed by atoms with E-state index in [2.05, 4.69) is 79.6 Å². The van der Waals surface area contributed by atoms with Gasteiger partial charge in [-0.3, -0.25) is 9.89 Å². The van der Waals surface area contributed by atoms with Gasteiger partial charge < -0.3 is 19.9 Å². The fraction of sp³-hybridized carbons (Fsp3) is 0.458. The highest BCUT2D eigenvalue weighted by Crippen LogP contribution is 2.16. The van der Waals surface area contributed by atoms with Crippen molar-refractivity contribution >= 4 is 11.6 Å². The Kier molecular flexibility index (Phi) is 7.21. The van der Waals surface area contributed by atoms with Crippen LogP contribution in [0.2, 0.25) is 0 Å². The minimum atomic E-state index is 0.798. The Balaban J connectivity index is 1.32. The third-order valence-electron chi connectivity index (χ3n) is 5.97. The molecule has 6 heteroatoms. The second kappa shape index (κ2) is 10.5. The highest BCUT2D eigenvalue weighted by Gasteiger charge is 2.20. The summed E-state index contributed by atoms with van der Waals surface area (Å²) in [6.45, 7) is 9.45. The molecule has 2 aliphatic rings. The van der Waals surface area contributed by atoms with E-state index in [1.165, 1.54) is 16.8 Å². The molecule has 0 amide bonds. The fourth-order valence-corrected chi connectivity index (χ4v) is 4.21. The minimum absolute atomic E-state index is 0.798. The van der Waals surface area contributed by atoms with E-state index in [4.69, 9.17) is 4.74 Å². The van der Waals surface area contributed by atoms with E-state index in [0.717, 1.165) is 71.5 Å². The van der Waals surface area contributed by atoms with Crippen molar-refractivity contribution in [3.63, 3.8) is 0 Å². The molecule has 0 aromatic heterocycles. The molecule has 6 nitrogen and oxygen atoms in total. The molecule has 160 valence electrons. The molecule has 30 heavy (non-hydrogen) atoms. The van der Waals surface area contributed by atoms with E-state index in [-0.39, 0.29) is 0 Å². The zero-order chi connectivity index (χ0) is 20.6. The van der Waals surface area contributed by atoms with Crippen LogP contribution >= 0.6 is 0 Å². The van der Waals surface area contributed by atoms with Gasteiger partial charge in [-0.1, -0.05) is 42.5 Å². The Bertz CT molecular complexity index is 811. The highest BCUT2D eigenvalue weighted by atomic mass is 16.5. The summed E-state index contributed by atoms with van der Waals surface area (Å²) in [6.07, 6.45) is 0. The van der Waals surface area contributed by atoms with E-state index in [1.54, 1.807) is 0 Å². The molecule has 2 aromatic carbocycles. The van der Waals surface area contributed by atoms with Crippen LogP contribution in [-0.4, -0.2) is 75.3 Å². The summed E-state index contributed by atoms with van der Waals surface area (Å²) in [7, 11) is 1.88. The number of guanidine groups is 1. The number of ether oxygens (including phenoxy) is 1. The molecule has 0 bridgehead atoms. The van der Waals surface area contributed by atoms with Gasteiger partial charge in [0.15, 0.2) is 5.96 Å². The molecular weight excluding hydrogens is 374 g/mol. The van der Waals surface area contributed by atoms with Crippen LogP contribution in [0.1, 0.15) is 11.1 Å². The van der Waals surface area contributed by atoms with Gasteiger partial charge in [0.25, 0.3) is 0 Å². The Hall–Kier alpha value is -2.57. The van der Waals surface area contributed by atoms with Crippen molar-refractivity contribution in [2.24, 2.45) is 4.99 Å². The number of aliphatic imine (C=N–C) groups is 1.